The summed E-state index contributed by atoms with van der Waals surface area (Å²) in [6.45, 7) is 11.2. The summed E-state index contributed by atoms with van der Waals surface area (Å²) < 4.78 is 15.8. The van der Waals surface area contributed by atoms with Gasteiger partial charge in [0.05, 0.1) is 23.2 Å². The summed E-state index contributed by atoms with van der Waals surface area (Å²) in [6, 6.07) is 4.80. The third-order valence-electron chi connectivity index (χ3n) is 9.58. The lowest BCUT2D eigenvalue weighted by Gasteiger charge is -2.18. The second-order valence-electron chi connectivity index (χ2n) is 12.5. The number of aromatic nitrogens is 4. The Kier molecular flexibility index (Phi) is 9.94. The van der Waals surface area contributed by atoms with Crippen LogP contribution in [0.4, 0.5) is 4.39 Å². The predicted octanol–water partition coefficient (Wildman–Crippen LogP) is 7.26. The number of imidazole rings is 2. The lowest BCUT2D eigenvalue weighted by atomic mass is 9.84. The van der Waals surface area contributed by atoms with E-state index in [4.69, 9.17) is 0 Å². The Hall–Kier alpha value is -4.79. The summed E-state index contributed by atoms with van der Waals surface area (Å²) in [4.78, 5) is 60.9. The van der Waals surface area contributed by atoms with Crippen molar-refractivity contribution in [3.63, 3.8) is 0 Å². The van der Waals surface area contributed by atoms with Gasteiger partial charge in [-0.05, 0) is 98.3 Å². The molecule has 244 valence electrons. The topological polar surface area (TPSA) is 115 Å². The number of aryl methyl sites for hydroxylation is 3. The van der Waals surface area contributed by atoms with Gasteiger partial charge in [-0.25, -0.2) is 14.4 Å². The Labute approximate surface area is 274 Å². The normalized spacial score (nSPS) is 16.9. The molecule has 0 spiro atoms. The zero-order chi connectivity index (χ0) is 34.0. The van der Waals surface area contributed by atoms with Crippen molar-refractivity contribution in [3.05, 3.63) is 98.2 Å². The molecule has 0 bridgehead atoms. The minimum Gasteiger partial charge on any atom is -0.342 e. The van der Waals surface area contributed by atoms with Crippen molar-refractivity contribution in [2.75, 3.05) is 0 Å². The molecule has 2 aromatic heterocycles. The Morgan fingerprint density at radius 3 is 1.98 bits per heavy atom. The third kappa shape index (κ3) is 6.70. The molecule has 1 N–H and O–H groups in total. The number of hydrogen-bond acceptors (Lipinski definition) is 6. The maximum atomic E-state index is 13.7. The fourth-order valence-electron chi connectivity index (χ4n) is 6.35. The molecule has 3 aliphatic carbocycles. The molecule has 3 aromatic rings. The molecule has 0 saturated heterocycles. The van der Waals surface area contributed by atoms with E-state index in [1.165, 1.54) is 11.8 Å². The summed E-state index contributed by atoms with van der Waals surface area (Å²) >= 11 is 0. The summed E-state index contributed by atoms with van der Waals surface area (Å²) in [7, 11) is 0. The van der Waals surface area contributed by atoms with E-state index < -0.39 is 0 Å². The number of benzene rings is 1. The minimum atomic E-state index is -0.349. The van der Waals surface area contributed by atoms with Crippen LogP contribution in [-0.2, 0) is 38.6 Å². The first-order chi connectivity index (χ1) is 22.4. The summed E-state index contributed by atoms with van der Waals surface area (Å²) in [5, 5.41) is 0. The van der Waals surface area contributed by atoms with Gasteiger partial charge in [0.15, 0.2) is 29.0 Å². The quantitative estimate of drug-likeness (QED) is 0.260. The highest BCUT2D eigenvalue weighted by Gasteiger charge is 2.28. The van der Waals surface area contributed by atoms with Crippen molar-refractivity contribution in [1.29, 1.82) is 0 Å². The van der Waals surface area contributed by atoms with Gasteiger partial charge in [0.2, 0.25) is 0 Å². The van der Waals surface area contributed by atoms with Crippen LogP contribution in [0.15, 0.2) is 75.2 Å². The van der Waals surface area contributed by atoms with Gasteiger partial charge < -0.3 is 9.55 Å². The summed E-state index contributed by atoms with van der Waals surface area (Å²) in [5.74, 6) is 0.296. The number of rotatable bonds is 8. The van der Waals surface area contributed by atoms with Crippen LogP contribution in [0.5, 0.6) is 0 Å². The maximum Gasteiger partial charge on any atom is 0.185 e. The number of para-hydroxylation sites is 1. The van der Waals surface area contributed by atoms with Crippen LogP contribution in [0, 0.1) is 5.82 Å². The first kappa shape index (κ1) is 33.6. The first-order valence-corrected chi connectivity index (χ1v) is 16.2. The molecule has 0 aliphatic heterocycles. The van der Waals surface area contributed by atoms with Crippen LogP contribution < -0.4 is 0 Å². The van der Waals surface area contributed by atoms with Crippen LogP contribution in [0.1, 0.15) is 90.9 Å². The third-order valence-corrected chi connectivity index (χ3v) is 9.58. The first-order valence-electron chi connectivity index (χ1n) is 16.2. The van der Waals surface area contributed by atoms with Gasteiger partial charge in [0, 0.05) is 57.6 Å². The molecule has 0 amide bonds. The van der Waals surface area contributed by atoms with Crippen molar-refractivity contribution in [2.24, 2.45) is 0 Å². The number of nitrogens with one attached hydrogen (secondary N) is 1. The van der Waals surface area contributed by atoms with Gasteiger partial charge in [-0.2, -0.15) is 0 Å². The van der Waals surface area contributed by atoms with Crippen LogP contribution in [0.2, 0.25) is 0 Å². The van der Waals surface area contributed by atoms with Gasteiger partial charge in [-0.3, -0.25) is 19.2 Å². The number of carbonyl (C=O) groups excluding carboxylic acids is 4. The van der Waals surface area contributed by atoms with Crippen molar-refractivity contribution in [1.82, 2.24) is 19.5 Å². The van der Waals surface area contributed by atoms with Gasteiger partial charge in [-0.15, -0.1) is 0 Å². The Balaban J connectivity index is 0.000000185. The molecule has 47 heavy (non-hydrogen) atoms. The van der Waals surface area contributed by atoms with Crippen molar-refractivity contribution < 1.29 is 23.6 Å². The van der Waals surface area contributed by atoms with Crippen LogP contribution in [-0.4, -0.2) is 42.7 Å². The smallest absolute Gasteiger partial charge is 0.185 e. The maximum absolute atomic E-state index is 13.7. The minimum absolute atomic E-state index is 0.0139. The van der Waals surface area contributed by atoms with E-state index in [0.717, 1.165) is 31.5 Å². The average molecular weight is 637 g/mol. The molecule has 8 nitrogen and oxygen atoms in total. The highest BCUT2D eigenvalue weighted by Crippen LogP contribution is 2.29. The SMILES string of the molecule is CC1=C(C)C(=O)C(CCCc2nc3c(F)cccc3[nH]2)=C(C)C1=O.CC1=C(C)C(=O)C(CCCn2cnc3c2C=CCC3)=C(C)C1=O. The van der Waals surface area contributed by atoms with Crippen molar-refractivity contribution >= 4 is 40.2 Å². The van der Waals surface area contributed by atoms with Crippen LogP contribution >= 0.6 is 0 Å². The number of hydrogen-bond donors (Lipinski definition) is 1. The number of nitrogens with zero attached hydrogens (tertiary/aromatic N) is 3. The highest BCUT2D eigenvalue weighted by atomic mass is 19.1. The molecule has 2 heterocycles. The predicted molar refractivity (Wildman–Crippen MR) is 180 cm³/mol. The van der Waals surface area contributed by atoms with Gasteiger partial charge in [0.1, 0.15) is 11.3 Å². The molecular formula is C38H41FN4O4. The molecule has 1 aromatic carbocycles. The average Bonchev–Trinajstić information content (AvgIpc) is 3.69. The molecule has 3 aliphatic rings. The molecular weight excluding hydrogens is 595 g/mol. The largest absolute Gasteiger partial charge is 0.342 e. The van der Waals surface area contributed by atoms with E-state index in [2.05, 4.69) is 31.7 Å². The van der Waals surface area contributed by atoms with E-state index >= 15 is 0 Å². The molecule has 9 heteroatoms. The number of allylic oxidation sites excluding steroid dienone is 9. The molecule has 6 rings (SSSR count). The van der Waals surface area contributed by atoms with E-state index in [9.17, 15) is 23.6 Å². The van der Waals surface area contributed by atoms with Crippen molar-refractivity contribution in [3.8, 4) is 0 Å². The highest BCUT2D eigenvalue weighted by molar-refractivity contribution is 6.25. The second-order valence-corrected chi connectivity index (χ2v) is 12.5. The Bertz CT molecular complexity index is 1980. The standard InChI is InChI=1S/C19H19FN2O2.C19H22N2O2/c1-10-11(2)19(24)13(12(3)18(10)23)6-4-9-16-21-15-8-5-7-14(20)17(15)22-16;1-12-13(2)19(23)15(14(3)18(12)22)7-6-10-21-11-20-16-8-4-5-9-17(16)21/h5,7-8H,4,6,9H2,1-3H3,(H,21,22);5,9,11H,4,6-8,10H2,1-3H3. The Morgan fingerprint density at radius 1 is 0.766 bits per heavy atom. The molecule has 0 unspecified atom stereocenters. The number of aromatic amines is 1. The van der Waals surface area contributed by atoms with Crippen LogP contribution in [0.3, 0.4) is 0 Å². The summed E-state index contributed by atoms with van der Waals surface area (Å²) in [6.07, 6.45) is 11.5. The lowest BCUT2D eigenvalue weighted by molar-refractivity contribution is -0.116. The zero-order valence-electron chi connectivity index (χ0n) is 28.0. The Morgan fingerprint density at radius 2 is 1.36 bits per heavy atom. The van der Waals surface area contributed by atoms with E-state index in [1.807, 2.05) is 6.33 Å². The van der Waals surface area contributed by atoms with E-state index in [0.29, 0.717) is 87.1 Å². The van der Waals surface area contributed by atoms with Crippen molar-refractivity contribution in [2.45, 2.75) is 93.0 Å². The summed E-state index contributed by atoms with van der Waals surface area (Å²) in [5.41, 5.74) is 8.02. The zero-order valence-corrected chi connectivity index (χ0v) is 28.0. The number of ketones is 4. The van der Waals surface area contributed by atoms with Crippen LogP contribution in [0.25, 0.3) is 17.1 Å². The second kappa shape index (κ2) is 13.9. The van der Waals surface area contributed by atoms with E-state index in [-0.39, 0.29) is 29.0 Å². The fourth-order valence-corrected chi connectivity index (χ4v) is 6.35. The molecule has 0 saturated carbocycles. The molecule has 0 atom stereocenters. The van der Waals surface area contributed by atoms with E-state index in [1.54, 1.807) is 53.7 Å². The number of H-pyrrole nitrogens is 1. The van der Waals surface area contributed by atoms with Gasteiger partial charge in [0.25, 0.3) is 0 Å². The lowest BCUT2D eigenvalue weighted by Crippen LogP contribution is -2.21. The molecule has 0 fully saturated rings. The number of carbonyl (C=O) groups is 4. The van der Waals surface area contributed by atoms with Gasteiger partial charge >= 0.3 is 0 Å². The van der Waals surface area contributed by atoms with Gasteiger partial charge in [-0.1, -0.05) is 12.1 Å². The molecule has 0 radical (unpaired) electrons. The number of Topliss-reactive ketones (excluding diaryl/α,β-unsaturated/α-hetero) is 4. The fraction of sp³-hybridized carbons (Fsp3) is 0.368. The number of fused-ring (bicyclic) bond motifs is 2. The number of halogens is 1. The monoisotopic (exact) mass is 636 g/mol.